The Balaban J connectivity index is 2.61. The van der Waals surface area contributed by atoms with Crippen molar-refractivity contribution in [3.8, 4) is 5.75 Å². The Morgan fingerprint density at radius 1 is 1.32 bits per heavy atom. The summed E-state index contributed by atoms with van der Waals surface area (Å²) in [6, 6.07) is 6.21. The van der Waals surface area contributed by atoms with Crippen LogP contribution < -0.4 is 10.1 Å². The number of amides is 1. The highest BCUT2D eigenvalue weighted by atomic mass is 16.5. The standard InChI is InChI=1S/C16H25NO2/c1-6-7-13(4)17-16(18)14(5)19-15-10-11(2)8-9-12(15)3/h8-10,13-14H,6-7H2,1-5H3,(H,17,18)/t13-,14-/m0/s1. The van der Waals surface area contributed by atoms with E-state index in [2.05, 4.69) is 12.2 Å². The number of ether oxygens (including phenoxy) is 1. The minimum Gasteiger partial charge on any atom is -0.481 e. The van der Waals surface area contributed by atoms with Gasteiger partial charge in [0.05, 0.1) is 0 Å². The van der Waals surface area contributed by atoms with E-state index in [4.69, 9.17) is 4.74 Å². The molecule has 0 radical (unpaired) electrons. The van der Waals surface area contributed by atoms with E-state index in [9.17, 15) is 4.79 Å². The molecule has 0 bridgehead atoms. The summed E-state index contributed by atoms with van der Waals surface area (Å²) in [7, 11) is 0. The predicted octanol–water partition coefficient (Wildman–Crippen LogP) is 3.38. The molecule has 1 rings (SSSR count). The fourth-order valence-electron chi connectivity index (χ4n) is 1.94. The average Bonchev–Trinajstić information content (AvgIpc) is 2.34. The van der Waals surface area contributed by atoms with Crippen LogP contribution in [0.3, 0.4) is 0 Å². The first-order valence-corrected chi connectivity index (χ1v) is 6.98. The molecule has 1 amide bonds. The molecule has 0 saturated carbocycles. The van der Waals surface area contributed by atoms with Crippen LogP contribution >= 0.6 is 0 Å². The third-order valence-electron chi connectivity index (χ3n) is 3.13. The number of carbonyl (C=O) groups excluding carboxylic acids is 1. The van der Waals surface area contributed by atoms with Gasteiger partial charge in [0.1, 0.15) is 5.75 Å². The SMILES string of the molecule is CCC[C@H](C)NC(=O)[C@H](C)Oc1cc(C)ccc1C. The lowest BCUT2D eigenvalue weighted by atomic mass is 10.1. The molecule has 3 heteroatoms. The van der Waals surface area contributed by atoms with Gasteiger partial charge in [0.2, 0.25) is 0 Å². The van der Waals surface area contributed by atoms with E-state index in [1.165, 1.54) is 0 Å². The van der Waals surface area contributed by atoms with Crippen LogP contribution in [-0.2, 0) is 4.79 Å². The third kappa shape index (κ3) is 4.93. The Hall–Kier alpha value is -1.51. The number of benzene rings is 1. The number of hydrogen-bond donors (Lipinski definition) is 1. The van der Waals surface area contributed by atoms with Crippen molar-refractivity contribution in [3.63, 3.8) is 0 Å². The third-order valence-corrected chi connectivity index (χ3v) is 3.13. The molecule has 0 spiro atoms. The highest BCUT2D eigenvalue weighted by Gasteiger charge is 2.17. The summed E-state index contributed by atoms with van der Waals surface area (Å²) in [5.41, 5.74) is 2.18. The van der Waals surface area contributed by atoms with Crippen LogP contribution in [0.2, 0.25) is 0 Å². The quantitative estimate of drug-likeness (QED) is 0.854. The molecule has 1 aromatic rings. The van der Waals surface area contributed by atoms with Gasteiger partial charge in [-0.3, -0.25) is 4.79 Å². The van der Waals surface area contributed by atoms with Crippen molar-refractivity contribution in [3.05, 3.63) is 29.3 Å². The zero-order valence-corrected chi connectivity index (χ0v) is 12.6. The normalized spacial score (nSPS) is 13.7. The molecule has 0 heterocycles. The van der Waals surface area contributed by atoms with Crippen molar-refractivity contribution in [1.82, 2.24) is 5.32 Å². The Morgan fingerprint density at radius 3 is 2.63 bits per heavy atom. The fraction of sp³-hybridized carbons (Fsp3) is 0.562. The summed E-state index contributed by atoms with van der Waals surface area (Å²) in [6.07, 6.45) is 1.58. The fourth-order valence-corrected chi connectivity index (χ4v) is 1.94. The topological polar surface area (TPSA) is 38.3 Å². The summed E-state index contributed by atoms with van der Waals surface area (Å²) in [4.78, 5) is 12.0. The zero-order chi connectivity index (χ0) is 14.4. The second kappa shape index (κ2) is 7.17. The van der Waals surface area contributed by atoms with Gasteiger partial charge in [-0.15, -0.1) is 0 Å². The molecule has 106 valence electrons. The van der Waals surface area contributed by atoms with Crippen LogP contribution in [0.1, 0.15) is 44.7 Å². The number of nitrogens with one attached hydrogen (secondary N) is 1. The van der Waals surface area contributed by atoms with Crippen molar-refractivity contribution in [1.29, 1.82) is 0 Å². The monoisotopic (exact) mass is 263 g/mol. The van der Waals surface area contributed by atoms with Crippen LogP contribution in [0.15, 0.2) is 18.2 Å². The van der Waals surface area contributed by atoms with E-state index < -0.39 is 6.10 Å². The van der Waals surface area contributed by atoms with Crippen molar-refractivity contribution < 1.29 is 9.53 Å². The van der Waals surface area contributed by atoms with Crippen LogP contribution in [0.5, 0.6) is 5.75 Å². The first kappa shape index (κ1) is 15.5. The molecule has 1 aromatic carbocycles. The molecule has 0 fully saturated rings. The first-order chi connectivity index (χ1) is 8.93. The van der Waals surface area contributed by atoms with Crippen molar-refractivity contribution >= 4 is 5.91 Å². The summed E-state index contributed by atoms with van der Waals surface area (Å²) < 4.78 is 5.75. The molecule has 19 heavy (non-hydrogen) atoms. The molecule has 0 saturated heterocycles. The highest BCUT2D eigenvalue weighted by Crippen LogP contribution is 2.20. The van der Waals surface area contributed by atoms with Gasteiger partial charge < -0.3 is 10.1 Å². The van der Waals surface area contributed by atoms with Gasteiger partial charge in [-0.05, 0) is 51.3 Å². The number of carbonyl (C=O) groups is 1. The molecule has 3 nitrogen and oxygen atoms in total. The second-order valence-corrected chi connectivity index (χ2v) is 5.23. The maximum Gasteiger partial charge on any atom is 0.260 e. The van der Waals surface area contributed by atoms with Crippen molar-refractivity contribution in [2.45, 2.75) is 59.6 Å². The first-order valence-electron chi connectivity index (χ1n) is 6.98. The predicted molar refractivity (Wildman–Crippen MR) is 78.5 cm³/mol. The minimum absolute atomic E-state index is 0.0538. The van der Waals surface area contributed by atoms with Crippen LogP contribution in [-0.4, -0.2) is 18.1 Å². The molecule has 0 aromatic heterocycles. The van der Waals surface area contributed by atoms with Gasteiger partial charge >= 0.3 is 0 Å². The largest absolute Gasteiger partial charge is 0.481 e. The van der Waals surface area contributed by atoms with Gasteiger partial charge in [-0.1, -0.05) is 25.5 Å². The molecule has 0 aliphatic carbocycles. The molecule has 1 N–H and O–H groups in total. The lowest BCUT2D eigenvalue weighted by Crippen LogP contribution is -2.41. The Labute approximate surface area is 116 Å². The molecule has 2 atom stereocenters. The Morgan fingerprint density at radius 2 is 2.00 bits per heavy atom. The summed E-state index contributed by atoms with van der Waals surface area (Å²) in [6.45, 7) is 9.92. The van der Waals surface area contributed by atoms with Crippen LogP contribution in [0.25, 0.3) is 0 Å². The summed E-state index contributed by atoms with van der Waals surface area (Å²) >= 11 is 0. The molecule has 0 aliphatic heterocycles. The van der Waals surface area contributed by atoms with E-state index in [0.717, 1.165) is 29.7 Å². The number of aryl methyl sites for hydroxylation is 2. The lowest BCUT2D eigenvalue weighted by molar-refractivity contribution is -0.127. The van der Waals surface area contributed by atoms with E-state index in [-0.39, 0.29) is 11.9 Å². The van der Waals surface area contributed by atoms with Crippen molar-refractivity contribution in [2.75, 3.05) is 0 Å². The number of hydrogen-bond acceptors (Lipinski definition) is 2. The van der Waals surface area contributed by atoms with Gasteiger partial charge in [0.25, 0.3) is 5.91 Å². The average molecular weight is 263 g/mol. The summed E-state index contributed by atoms with van der Waals surface area (Å²) in [5.74, 6) is 0.729. The Bertz CT molecular complexity index is 429. The second-order valence-electron chi connectivity index (χ2n) is 5.23. The van der Waals surface area contributed by atoms with Gasteiger partial charge in [-0.25, -0.2) is 0 Å². The van der Waals surface area contributed by atoms with E-state index >= 15 is 0 Å². The number of rotatable bonds is 6. The molecular weight excluding hydrogens is 238 g/mol. The zero-order valence-electron chi connectivity index (χ0n) is 12.6. The van der Waals surface area contributed by atoms with E-state index in [0.29, 0.717) is 0 Å². The summed E-state index contributed by atoms with van der Waals surface area (Å²) in [5, 5.41) is 2.97. The van der Waals surface area contributed by atoms with E-state index in [1.807, 2.05) is 39.0 Å². The lowest BCUT2D eigenvalue weighted by Gasteiger charge is -2.19. The molecular formula is C16H25NO2. The van der Waals surface area contributed by atoms with Crippen molar-refractivity contribution in [2.24, 2.45) is 0 Å². The van der Waals surface area contributed by atoms with Crippen LogP contribution in [0.4, 0.5) is 0 Å². The minimum atomic E-state index is -0.472. The van der Waals surface area contributed by atoms with Gasteiger partial charge in [-0.2, -0.15) is 0 Å². The highest BCUT2D eigenvalue weighted by molar-refractivity contribution is 5.81. The van der Waals surface area contributed by atoms with Crippen LogP contribution in [0, 0.1) is 13.8 Å². The maximum absolute atomic E-state index is 12.0. The van der Waals surface area contributed by atoms with Gasteiger partial charge in [0, 0.05) is 6.04 Å². The molecule has 0 unspecified atom stereocenters. The maximum atomic E-state index is 12.0. The smallest absolute Gasteiger partial charge is 0.260 e. The Kier molecular flexibility index (Phi) is 5.87. The van der Waals surface area contributed by atoms with Gasteiger partial charge in [0.15, 0.2) is 6.10 Å². The van der Waals surface area contributed by atoms with E-state index in [1.54, 1.807) is 6.92 Å². The molecule has 0 aliphatic rings.